The van der Waals surface area contributed by atoms with Gasteiger partial charge in [0.15, 0.2) is 11.5 Å². The number of alkyl halides is 3. The molecule has 0 aromatic heterocycles. The maximum atomic E-state index is 11.0. The van der Waals surface area contributed by atoms with Crippen molar-refractivity contribution in [2.45, 2.75) is 57.0 Å². The molecule has 1 rings (SSSR count). The van der Waals surface area contributed by atoms with Crippen LogP contribution in [0.4, 0.5) is 13.2 Å². The highest BCUT2D eigenvalue weighted by Crippen LogP contribution is 2.37. The summed E-state index contributed by atoms with van der Waals surface area (Å²) in [5.41, 5.74) is 1.30. The minimum absolute atomic E-state index is 0.0451. The number of sulfone groups is 1. The molecule has 1 atom stereocenters. The van der Waals surface area contributed by atoms with Crippen LogP contribution in [-0.4, -0.2) is 51.2 Å². The van der Waals surface area contributed by atoms with Gasteiger partial charge in [-0.15, -0.1) is 0 Å². The van der Waals surface area contributed by atoms with E-state index in [1.165, 1.54) is 0 Å². The van der Waals surface area contributed by atoms with Crippen molar-refractivity contribution in [1.29, 1.82) is 0 Å². The van der Waals surface area contributed by atoms with E-state index in [2.05, 4.69) is 6.92 Å². The van der Waals surface area contributed by atoms with Gasteiger partial charge in [0.05, 0.1) is 25.3 Å². The van der Waals surface area contributed by atoms with Crippen LogP contribution < -0.4 is 15.2 Å². The first-order valence-electron chi connectivity index (χ1n) is 9.33. The summed E-state index contributed by atoms with van der Waals surface area (Å²) in [5, 5.41) is 9.77. The Balaban J connectivity index is 0.000000890. The highest BCUT2D eigenvalue weighted by atomic mass is 35.5. The summed E-state index contributed by atoms with van der Waals surface area (Å²) in [6.45, 7) is 4.57. The zero-order valence-corrected chi connectivity index (χ0v) is 19.3. The second-order valence-electron chi connectivity index (χ2n) is 7.19. The summed E-state index contributed by atoms with van der Waals surface area (Å²) in [6, 6.07) is 3.81. The van der Waals surface area contributed by atoms with Gasteiger partial charge in [-0.2, -0.15) is 13.2 Å². The number of nitrogens with two attached hydrogens (primary N) is 1. The molecule has 0 heterocycles. The minimum atomic E-state index is -5.09. The van der Waals surface area contributed by atoms with Crippen molar-refractivity contribution in [3.8, 4) is 11.5 Å². The number of hydrogen-bond donors (Lipinski definition) is 2. The van der Waals surface area contributed by atoms with Crippen molar-refractivity contribution in [2.75, 3.05) is 26.6 Å². The first-order chi connectivity index (χ1) is 13.7. The largest absolute Gasteiger partial charge is 0.497 e. The van der Waals surface area contributed by atoms with Gasteiger partial charge in [0.2, 0.25) is 9.84 Å². The molecule has 0 aliphatic carbocycles. The second-order valence-corrected chi connectivity index (χ2v) is 9.61. The fourth-order valence-electron chi connectivity index (χ4n) is 2.09. The molecule has 0 radical (unpaired) electrons. The third-order valence-electron chi connectivity index (χ3n) is 4.05. The van der Waals surface area contributed by atoms with E-state index in [-0.39, 0.29) is 12.9 Å². The second kappa shape index (κ2) is 12.6. The van der Waals surface area contributed by atoms with Gasteiger partial charge in [-0.05, 0) is 43.9 Å². The zero-order valence-electron chi connectivity index (χ0n) is 17.7. The molecular formula is C19H31ClF3NO5S. The van der Waals surface area contributed by atoms with Gasteiger partial charge >= 0.3 is 5.51 Å². The molecule has 0 spiro atoms. The standard InChI is InChI=1S/C17H28ClNO3.C2H3F3O2S/c1-4-5-6-9-22-16-14(18)10-13(11-15(16)21-3)7-8-17(2,19)12-20;1-8(6,7)2(3,4)5/h10-11,20H,4-9,12,19H2,1-3H3;1H3/t17-;/m1./s1. The van der Waals surface area contributed by atoms with Gasteiger partial charge in [0.25, 0.3) is 0 Å². The predicted octanol–water partition coefficient (Wildman–Crippen LogP) is 4.11. The van der Waals surface area contributed by atoms with Gasteiger partial charge in [0, 0.05) is 11.8 Å². The molecule has 0 bridgehead atoms. The SMILES string of the molecule is CCCCCOc1c(Cl)cc(CC[C@@](C)(N)CO)cc1OC.CS(=O)(=O)C(F)(F)F. The molecule has 6 nitrogen and oxygen atoms in total. The van der Waals surface area contributed by atoms with Gasteiger partial charge < -0.3 is 20.3 Å². The molecule has 1 aromatic rings. The number of aliphatic hydroxyl groups is 1. The van der Waals surface area contributed by atoms with Crippen LogP contribution in [0.3, 0.4) is 0 Å². The fraction of sp³-hybridized carbons (Fsp3) is 0.684. The van der Waals surface area contributed by atoms with Crippen LogP contribution in [0.25, 0.3) is 0 Å². The maximum absolute atomic E-state index is 11.0. The number of halogens is 4. The molecule has 0 amide bonds. The third-order valence-corrected chi connectivity index (χ3v) is 5.17. The van der Waals surface area contributed by atoms with Gasteiger partial charge in [-0.3, -0.25) is 0 Å². The molecule has 30 heavy (non-hydrogen) atoms. The van der Waals surface area contributed by atoms with Crippen molar-refractivity contribution in [3.63, 3.8) is 0 Å². The van der Waals surface area contributed by atoms with E-state index >= 15 is 0 Å². The molecule has 3 N–H and O–H groups in total. The van der Waals surface area contributed by atoms with Gasteiger partial charge in [0.1, 0.15) is 0 Å². The van der Waals surface area contributed by atoms with Crippen LogP contribution in [0.15, 0.2) is 12.1 Å². The Hall–Kier alpha value is -1.23. The van der Waals surface area contributed by atoms with Crippen molar-refractivity contribution < 1.29 is 36.2 Å². The lowest BCUT2D eigenvalue weighted by molar-refractivity contribution is -0.0429. The Morgan fingerprint density at radius 3 is 2.23 bits per heavy atom. The Morgan fingerprint density at radius 2 is 1.80 bits per heavy atom. The van der Waals surface area contributed by atoms with E-state index < -0.39 is 20.9 Å². The maximum Gasteiger partial charge on any atom is 0.497 e. The summed E-state index contributed by atoms with van der Waals surface area (Å²) in [6.07, 6.45) is 4.79. The number of benzene rings is 1. The van der Waals surface area contributed by atoms with Crippen LogP contribution in [0, 0.1) is 0 Å². The number of hydrogen-bond acceptors (Lipinski definition) is 6. The molecule has 176 valence electrons. The lowest BCUT2D eigenvalue weighted by Gasteiger charge is -2.22. The number of aliphatic hydroxyl groups excluding tert-OH is 1. The smallest absolute Gasteiger partial charge is 0.493 e. The Labute approximate surface area is 181 Å². The minimum Gasteiger partial charge on any atom is -0.493 e. The number of aryl methyl sites for hydroxylation is 1. The first kappa shape index (κ1) is 28.8. The molecule has 0 saturated heterocycles. The van der Waals surface area contributed by atoms with Gasteiger partial charge in [-0.1, -0.05) is 31.4 Å². The normalized spacial score (nSPS) is 13.8. The molecule has 1 aromatic carbocycles. The van der Waals surface area contributed by atoms with Crippen LogP contribution in [-0.2, 0) is 16.3 Å². The molecule has 0 aliphatic rings. The van der Waals surface area contributed by atoms with Crippen molar-refractivity contribution >= 4 is 21.4 Å². The average Bonchev–Trinajstić information content (AvgIpc) is 2.63. The van der Waals surface area contributed by atoms with E-state index in [1.807, 2.05) is 19.1 Å². The Bertz CT molecular complexity index is 755. The summed E-state index contributed by atoms with van der Waals surface area (Å²) < 4.78 is 63.1. The first-order valence-corrected chi connectivity index (χ1v) is 11.6. The van der Waals surface area contributed by atoms with Crippen LogP contribution in [0.5, 0.6) is 11.5 Å². The topological polar surface area (TPSA) is 98.8 Å². The quantitative estimate of drug-likeness (QED) is 0.492. The van der Waals surface area contributed by atoms with Crippen molar-refractivity contribution in [3.05, 3.63) is 22.7 Å². The fourth-order valence-corrected chi connectivity index (χ4v) is 2.38. The summed E-state index contributed by atoms with van der Waals surface area (Å²) in [5.74, 6) is 1.24. The lowest BCUT2D eigenvalue weighted by Crippen LogP contribution is -2.40. The average molecular weight is 478 g/mol. The van der Waals surface area contributed by atoms with Crippen LogP contribution >= 0.6 is 11.6 Å². The van der Waals surface area contributed by atoms with E-state index in [1.54, 1.807) is 7.11 Å². The monoisotopic (exact) mass is 477 g/mol. The molecular weight excluding hydrogens is 447 g/mol. The lowest BCUT2D eigenvalue weighted by atomic mass is 9.95. The predicted molar refractivity (Wildman–Crippen MR) is 112 cm³/mol. The highest BCUT2D eigenvalue weighted by molar-refractivity contribution is 7.91. The Morgan fingerprint density at radius 1 is 1.23 bits per heavy atom. The van der Waals surface area contributed by atoms with E-state index in [9.17, 15) is 26.7 Å². The number of unbranched alkanes of at least 4 members (excludes halogenated alkanes) is 2. The van der Waals surface area contributed by atoms with Crippen LogP contribution in [0.2, 0.25) is 5.02 Å². The Kier molecular flexibility index (Phi) is 12.1. The number of rotatable bonds is 10. The molecule has 0 saturated carbocycles. The molecule has 11 heteroatoms. The van der Waals surface area contributed by atoms with E-state index in [0.29, 0.717) is 29.5 Å². The van der Waals surface area contributed by atoms with Crippen molar-refractivity contribution in [2.24, 2.45) is 5.73 Å². The number of methoxy groups -OCH3 is 1. The zero-order chi connectivity index (χ0) is 23.6. The van der Waals surface area contributed by atoms with Crippen molar-refractivity contribution in [1.82, 2.24) is 0 Å². The van der Waals surface area contributed by atoms with Gasteiger partial charge in [-0.25, -0.2) is 8.42 Å². The third kappa shape index (κ3) is 10.7. The summed E-state index contributed by atoms with van der Waals surface area (Å²) in [4.78, 5) is 0. The van der Waals surface area contributed by atoms with E-state index in [0.717, 1.165) is 31.2 Å². The van der Waals surface area contributed by atoms with Crippen LogP contribution in [0.1, 0.15) is 45.1 Å². The number of ether oxygens (including phenoxy) is 2. The molecule has 0 fully saturated rings. The molecule has 0 unspecified atom stereocenters. The van der Waals surface area contributed by atoms with E-state index in [4.69, 9.17) is 26.8 Å². The summed E-state index contributed by atoms with van der Waals surface area (Å²) >= 11 is 6.32. The molecule has 0 aliphatic heterocycles. The summed E-state index contributed by atoms with van der Waals surface area (Å²) in [7, 11) is -3.23. The highest BCUT2D eigenvalue weighted by Gasteiger charge is 2.41.